The zero-order valence-corrected chi connectivity index (χ0v) is 22.7. The van der Waals surface area contributed by atoms with Crippen LogP contribution in [0.25, 0.3) is 0 Å². The van der Waals surface area contributed by atoms with Gasteiger partial charge in [-0.25, -0.2) is 0 Å². The summed E-state index contributed by atoms with van der Waals surface area (Å²) in [6.45, 7) is 17.8. The normalized spacial score (nSPS) is 12.0. The molecule has 0 aromatic carbocycles. The summed E-state index contributed by atoms with van der Waals surface area (Å²) in [6.07, 6.45) is 3.21. The molecule has 0 radical (unpaired) electrons. The van der Waals surface area contributed by atoms with Gasteiger partial charge in [-0.1, -0.05) is 13.3 Å². The fraction of sp³-hybridized carbons (Fsp3) is 1.00. The third-order valence-corrected chi connectivity index (χ3v) is 7.63. The summed E-state index contributed by atoms with van der Waals surface area (Å²) in [7, 11) is -2.52. The second-order valence-corrected chi connectivity index (χ2v) is 9.98. The summed E-state index contributed by atoms with van der Waals surface area (Å²) in [4.78, 5) is 0. The Morgan fingerprint density at radius 2 is 0.909 bits per heavy atom. The van der Waals surface area contributed by atoms with Crippen LogP contribution < -0.4 is 5.32 Å². The Balaban J connectivity index is 3.35. The molecule has 0 heterocycles. The lowest BCUT2D eigenvalue weighted by molar-refractivity contribution is -0.0109. The number of nitrogens with one attached hydrogen (secondary N) is 1. The van der Waals surface area contributed by atoms with Crippen molar-refractivity contribution in [2.75, 3.05) is 99.0 Å². The second kappa shape index (κ2) is 26.5. The molecule has 0 aromatic heterocycles. The van der Waals surface area contributed by atoms with E-state index in [-0.39, 0.29) is 0 Å². The molecule has 0 atom stereocenters. The van der Waals surface area contributed by atoms with Crippen molar-refractivity contribution in [1.82, 2.24) is 5.32 Å². The maximum Gasteiger partial charge on any atom is 0.500 e. The van der Waals surface area contributed by atoms with Crippen LogP contribution in [-0.2, 0) is 37.0 Å². The Morgan fingerprint density at radius 1 is 0.485 bits per heavy atom. The number of rotatable bonds is 28. The Kier molecular flexibility index (Phi) is 26.3. The van der Waals surface area contributed by atoms with Crippen molar-refractivity contribution in [3.05, 3.63) is 0 Å². The van der Waals surface area contributed by atoms with Crippen molar-refractivity contribution >= 4 is 8.80 Å². The number of unbranched alkanes of at least 4 members (excludes halogenated alkanes) is 1. The van der Waals surface area contributed by atoms with E-state index in [0.29, 0.717) is 79.3 Å². The average molecular weight is 498 g/mol. The van der Waals surface area contributed by atoms with Gasteiger partial charge >= 0.3 is 8.80 Å². The first kappa shape index (κ1) is 32.9. The van der Waals surface area contributed by atoms with E-state index in [1.54, 1.807) is 0 Å². The maximum absolute atomic E-state index is 5.86. The van der Waals surface area contributed by atoms with Crippen LogP contribution in [0.15, 0.2) is 0 Å². The van der Waals surface area contributed by atoms with Crippen molar-refractivity contribution in [3.8, 4) is 0 Å². The van der Waals surface area contributed by atoms with Gasteiger partial charge < -0.3 is 42.3 Å². The van der Waals surface area contributed by atoms with Crippen LogP contribution in [0.5, 0.6) is 0 Å². The fourth-order valence-electron chi connectivity index (χ4n) is 2.93. The highest BCUT2D eigenvalue weighted by Crippen LogP contribution is 2.17. The van der Waals surface area contributed by atoms with Crippen LogP contribution in [0, 0.1) is 0 Å². The van der Waals surface area contributed by atoms with Gasteiger partial charge in [0.05, 0.1) is 59.5 Å². The molecule has 0 unspecified atom stereocenters. The summed E-state index contributed by atoms with van der Waals surface area (Å²) < 4.78 is 45.0. The molecule has 200 valence electrons. The highest BCUT2D eigenvalue weighted by molar-refractivity contribution is 6.60. The monoisotopic (exact) mass is 497 g/mol. The minimum Gasteiger partial charge on any atom is -0.379 e. The van der Waals surface area contributed by atoms with Crippen LogP contribution in [0.3, 0.4) is 0 Å². The molecule has 0 rings (SSSR count). The Bertz CT molecular complexity index is 365. The summed E-state index contributed by atoms with van der Waals surface area (Å²) in [6, 6.07) is 0.825. The molecule has 0 fully saturated rings. The molecule has 10 heteroatoms. The molecule has 0 amide bonds. The van der Waals surface area contributed by atoms with E-state index in [4.69, 9.17) is 37.0 Å². The van der Waals surface area contributed by atoms with Crippen molar-refractivity contribution in [2.24, 2.45) is 0 Å². The second-order valence-electron chi connectivity index (χ2n) is 7.25. The molecule has 0 aliphatic carbocycles. The van der Waals surface area contributed by atoms with Crippen LogP contribution in [0.2, 0.25) is 6.04 Å². The quantitative estimate of drug-likeness (QED) is 0.129. The van der Waals surface area contributed by atoms with Gasteiger partial charge in [0, 0.05) is 39.0 Å². The van der Waals surface area contributed by atoms with E-state index in [2.05, 4.69) is 12.2 Å². The fourth-order valence-corrected chi connectivity index (χ4v) is 5.54. The van der Waals surface area contributed by atoms with Gasteiger partial charge in [0.25, 0.3) is 0 Å². The zero-order valence-electron chi connectivity index (χ0n) is 21.7. The molecular formula is C23H51NO8Si. The summed E-state index contributed by atoms with van der Waals surface area (Å²) in [5.74, 6) is 0. The molecule has 0 saturated heterocycles. The molecule has 0 saturated carbocycles. The summed E-state index contributed by atoms with van der Waals surface area (Å²) in [5.41, 5.74) is 0. The van der Waals surface area contributed by atoms with Crippen molar-refractivity contribution in [2.45, 2.75) is 53.0 Å². The van der Waals surface area contributed by atoms with E-state index >= 15 is 0 Å². The Labute approximate surface area is 203 Å². The minimum atomic E-state index is -2.52. The van der Waals surface area contributed by atoms with Gasteiger partial charge in [-0.3, -0.25) is 0 Å². The highest BCUT2D eigenvalue weighted by atomic mass is 28.4. The van der Waals surface area contributed by atoms with Gasteiger partial charge in [-0.05, 0) is 40.2 Å². The van der Waals surface area contributed by atoms with Gasteiger partial charge in [0.2, 0.25) is 0 Å². The van der Waals surface area contributed by atoms with Crippen LogP contribution in [0.4, 0.5) is 0 Å². The number of hydrogen-bond acceptors (Lipinski definition) is 9. The lowest BCUT2D eigenvalue weighted by Gasteiger charge is -2.28. The lowest BCUT2D eigenvalue weighted by atomic mass is 10.4. The maximum atomic E-state index is 5.86. The van der Waals surface area contributed by atoms with E-state index in [1.807, 2.05) is 20.8 Å². The lowest BCUT2D eigenvalue weighted by Crippen LogP contribution is -2.46. The predicted molar refractivity (Wildman–Crippen MR) is 132 cm³/mol. The van der Waals surface area contributed by atoms with Crippen molar-refractivity contribution in [1.29, 1.82) is 0 Å². The van der Waals surface area contributed by atoms with E-state index < -0.39 is 8.80 Å². The largest absolute Gasteiger partial charge is 0.500 e. The van der Waals surface area contributed by atoms with Crippen LogP contribution >= 0.6 is 0 Å². The standard InChI is InChI=1S/C23H51NO8Si/c1-5-9-13-25-15-17-27-19-21-29-22-20-28-18-16-26-14-12-24-11-10-23-33(30-6-2,31-7-3)32-8-4/h24H,5-23H2,1-4H3. The van der Waals surface area contributed by atoms with Gasteiger partial charge in [0.15, 0.2) is 0 Å². The minimum absolute atomic E-state index is 0.562. The van der Waals surface area contributed by atoms with Crippen molar-refractivity contribution in [3.63, 3.8) is 0 Å². The van der Waals surface area contributed by atoms with Gasteiger partial charge in [-0.2, -0.15) is 0 Å². The first-order chi connectivity index (χ1) is 16.2. The number of hydrogen-bond donors (Lipinski definition) is 1. The third kappa shape index (κ3) is 22.1. The Morgan fingerprint density at radius 3 is 1.33 bits per heavy atom. The SMILES string of the molecule is CCCCOCCOCCOCCOCCOCCNCCC[Si](OCC)(OCC)OCC. The molecule has 9 nitrogen and oxygen atoms in total. The van der Waals surface area contributed by atoms with Crippen LogP contribution in [-0.4, -0.2) is 108 Å². The molecule has 0 aromatic rings. The van der Waals surface area contributed by atoms with Gasteiger partial charge in [-0.15, -0.1) is 0 Å². The van der Waals surface area contributed by atoms with Crippen LogP contribution in [0.1, 0.15) is 47.0 Å². The molecule has 33 heavy (non-hydrogen) atoms. The summed E-state index contributed by atoms with van der Waals surface area (Å²) in [5, 5.41) is 3.39. The topological polar surface area (TPSA) is 85.9 Å². The zero-order chi connectivity index (χ0) is 24.3. The van der Waals surface area contributed by atoms with E-state index in [9.17, 15) is 0 Å². The molecule has 0 aliphatic rings. The average Bonchev–Trinajstić information content (AvgIpc) is 2.80. The number of ether oxygens (including phenoxy) is 5. The van der Waals surface area contributed by atoms with Crippen molar-refractivity contribution < 1.29 is 37.0 Å². The highest BCUT2D eigenvalue weighted by Gasteiger charge is 2.39. The van der Waals surface area contributed by atoms with Gasteiger partial charge in [0.1, 0.15) is 0 Å². The summed E-state index contributed by atoms with van der Waals surface area (Å²) >= 11 is 0. The smallest absolute Gasteiger partial charge is 0.379 e. The van der Waals surface area contributed by atoms with E-state index in [0.717, 1.165) is 45.0 Å². The molecule has 0 spiro atoms. The first-order valence-corrected chi connectivity index (χ1v) is 14.7. The Hall–Kier alpha value is -0.143. The van der Waals surface area contributed by atoms with E-state index in [1.165, 1.54) is 0 Å². The molecule has 0 aliphatic heterocycles. The predicted octanol–water partition coefficient (Wildman–Crippen LogP) is 2.90. The first-order valence-electron chi connectivity index (χ1n) is 12.8. The molecule has 1 N–H and O–H groups in total. The molecule has 0 bridgehead atoms. The third-order valence-electron chi connectivity index (χ3n) is 4.48. The molecular weight excluding hydrogens is 446 g/mol.